The van der Waals surface area contributed by atoms with E-state index in [1.165, 1.54) is 0 Å². The van der Waals surface area contributed by atoms with Crippen LogP contribution in [0.25, 0.3) is 0 Å². The summed E-state index contributed by atoms with van der Waals surface area (Å²) in [5, 5.41) is 9.52. The van der Waals surface area contributed by atoms with Crippen LogP contribution in [0.2, 0.25) is 0 Å². The lowest BCUT2D eigenvalue weighted by molar-refractivity contribution is -0.153. The second-order valence-corrected chi connectivity index (χ2v) is 3.80. The number of hydrogen-bond donors (Lipinski definition) is 1. The van der Waals surface area contributed by atoms with Gasteiger partial charge in [-0.15, -0.1) is 0 Å². The first-order valence-electron chi connectivity index (χ1n) is 4.46. The first-order chi connectivity index (χ1) is 7.47. The summed E-state index contributed by atoms with van der Waals surface area (Å²) in [6.45, 7) is 1.67. The molecule has 0 fully saturated rings. The Morgan fingerprint density at radius 3 is 2.62 bits per heavy atom. The molecule has 0 aliphatic heterocycles. The highest BCUT2D eigenvalue weighted by molar-refractivity contribution is 9.10. The highest BCUT2D eigenvalue weighted by atomic mass is 79.9. The number of carbonyl (C=O) groups is 1. The number of aliphatic hydroxyl groups is 1. The minimum atomic E-state index is -1.63. The van der Waals surface area contributed by atoms with Gasteiger partial charge < -0.3 is 9.84 Å². The average molecular weight is 295 g/mol. The van der Waals surface area contributed by atoms with E-state index in [2.05, 4.69) is 20.7 Å². The van der Waals surface area contributed by atoms with E-state index in [-0.39, 0.29) is 16.6 Å². The lowest BCUT2D eigenvalue weighted by Crippen LogP contribution is -2.16. The molecule has 0 radical (unpaired) electrons. The van der Waals surface area contributed by atoms with Crippen LogP contribution in [0.4, 0.5) is 8.78 Å². The topological polar surface area (TPSA) is 46.5 Å². The summed E-state index contributed by atoms with van der Waals surface area (Å²) in [7, 11) is 0. The van der Waals surface area contributed by atoms with E-state index >= 15 is 0 Å². The van der Waals surface area contributed by atoms with Crippen LogP contribution in [0.5, 0.6) is 0 Å². The highest BCUT2D eigenvalue weighted by Gasteiger charge is 2.22. The molecule has 1 N–H and O–H groups in total. The molecule has 1 aromatic rings. The SMILES string of the molecule is CCOC(=O)C(O)c1cc(F)c(F)cc1Br. The molecule has 1 aromatic carbocycles. The summed E-state index contributed by atoms with van der Waals surface area (Å²) in [4.78, 5) is 11.2. The van der Waals surface area contributed by atoms with Crippen LogP contribution >= 0.6 is 15.9 Å². The maximum atomic E-state index is 12.9. The summed E-state index contributed by atoms with van der Waals surface area (Å²) in [6.07, 6.45) is -1.63. The predicted molar refractivity (Wildman–Crippen MR) is 55.7 cm³/mol. The second-order valence-electron chi connectivity index (χ2n) is 2.94. The Bertz CT molecular complexity index is 409. The molecular formula is C10H9BrF2O3. The monoisotopic (exact) mass is 294 g/mol. The van der Waals surface area contributed by atoms with Gasteiger partial charge in [-0.1, -0.05) is 15.9 Å². The Kier molecular flexibility index (Phi) is 4.37. The van der Waals surface area contributed by atoms with Crippen molar-refractivity contribution in [3.8, 4) is 0 Å². The second kappa shape index (κ2) is 5.36. The maximum Gasteiger partial charge on any atom is 0.339 e. The van der Waals surface area contributed by atoms with Gasteiger partial charge in [0.1, 0.15) is 0 Å². The largest absolute Gasteiger partial charge is 0.464 e. The molecule has 0 spiro atoms. The van der Waals surface area contributed by atoms with E-state index in [0.29, 0.717) is 0 Å². The third kappa shape index (κ3) is 2.76. The first kappa shape index (κ1) is 13.1. The molecule has 1 rings (SSSR count). The highest BCUT2D eigenvalue weighted by Crippen LogP contribution is 2.26. The Morgan fingerprint density at radius 2 is 2.06 bits per heavy atom. The van der Waals surface area contributed by atoms with E-state index in [1.54, 1.807) is 6.92 Å². The van der Waals surface area contributed by atoms with Crippen LogP contribution in [0, 0.1) is 11.6 Å². The van der Waals surface area contributed by atoms with Crippen molar-refractivity contribution in [2.45, 2.75) is 13.0 Å². The average Bonchev–Trinajstić information content (AvgIpc) is 2.23. The maximum absolute atomic E-state index is 12.9. The third-order valence-electron chi connectivity index (χ3n) is 1.84. The van der Waals surface area contributed by atoms with Crippen molar-refractivity contribution in [2.75, 3.05) is 6.61 Å². The number of ether oxygens (including phenoxy) is 1. The van der Waals surface area contributed by atoms with Gasteiger partial charge in [0, 0.05) is 10.0 Å². The van der Waals surface area contributed by atoms with Gasteiger partial charge in [0.2, 0.25) is 0 Å². The Morgan fingerprint density at radius 1 is 1.50 bits per heavy atom. The lowest BCUT2D eigenvalue weighted by atomic mass is 10.1. The molecule has 0 bridgehead atoms. The zero-order valence-electron chi connectivity index (χ0n) is 8.34. The molecule has 3 nitrogen and oxygen atoms in total. The Balaban J connectivity index is 3.04. The number of rotatable bonds is 3. The van der Waals surface area contributed by atoms with Gasteiger partial charge >= 0.3 is 5.97 Å². The van der Waals surface area contributed by atoms with Gasteiger partial charge in [-0.3, -0.25) is 0 Å². The molecule has 88 valence electrons. The van der Waals surface area contributed by atoms with Crippen molar-refractivity contribution < 1.29 is 23.4 Å². The van der Waals surface area contributed by atoms with Crippen molar-refractivity contribution in [1.29, 1.82) is 0 Å². The number of hydrogen-bond acceptors (Lipinski definition) is 3. The molecule has 1 unspecified atom stereocenters. The van der Waals surface area contributed by atoms with Gasteiger partial charge in [-0.2, -0.15) is 0 Å². The normalized spacial score (nSPS) is 12.3. The predicted octanol–water partition coefficient (Wildman–Crippen LogP) is 2.32. The van der Waals surface area contributed by atoms with Crippen LogP contribution < -0.4 is 0 Å². The summed E-state index contributed by atoms with van der Waals surface area (Å²) in [5.74, 6) is -3.11. The molecule has 0 aromatic heterocycles. The van der Waals surface area contributed by atoms with Crippen LogP contribution in [-0.4, -0.2) is 17.7 Å². The van der Waals surface area contributed by atoms with Gasteiger partial charge in [-0.25, -0.2) is 13.6 Å². The summed E-state index contributed by atoms with van der Waals surface area (Å²) in [5.41, 5.74) is -0.0719. The zero-order chi connectivity index (χ0) is 12.3. The Hall–Kier alpha value is -1.01. The fourth-order valence-electron chi connectivity index (χ4n) is 1.10. The number of benzene rings is 1. The van der Waals surface area contributed by atoms with Crippen LogP contribution in [0.1, 0.15) is 18.6 Å². The summed E-state index contributed by atoms with van der Waals surface area (Å²) < 4.78 is 30.3. The third-order valence-corrected chi connectivity index (χ3v) is 2.53. The van der Waals surface area contributed by atoms with Crippen LogP contribution in [-0.2, 0) is 9.53 Å². The number of carbonyl (C=O) groups excluding carboxylic acids is 1. The molecule has 0 saturated heterocycles. The van der Waals surface area contributed by atoms with E-state index in [4.69, 9.17) is 0 Å². The molecular weight excluding hydrogens is 286 g/mol. The molecule has 6 heteroatoms. The summed E-state index contributed by atoms with van der Waals surface area (Å²) >= 11 is 2.93. The lowest BCUT2D eigenvalue weighted by Gasteiger charge is -2.11. The minimum Gasteiger partial charge on any atom is -0.464 e. The summed E-state index contributed by atoms with van der Waals surface area (Å²) in [6, 6.07) is 1.59. The zero-order valence-corrected chi connectivity index (χ0v) is 9.92. The molecule has 1 atom stereocenters. The number of aliphatic hydroxyl groups excluding tert-OH is 1. The fraction of sp³-hybridized carbons (Fsp3) is 0.300. The molecule has 16 heavy (non-hydrogen) atoms. The van der Waals surface area contributed by atoms with Gasteiger partial charge in [-0.05, 0) is 19.1 Å². The van der Waals surface area contributed by atoms with Crippen LogP contribution in [0.15, 0.2) is 16.6 Å². The van der Waals surface area contributed by atoms with E-state index in [1.807, 2.05) is 0 Å². The smallest absolute Gasteiger partial charge is 0.339 e. The molecule has 0 aliphatic carbocycles. The van der Waals surface area contributed by atoms with Crippen molar-refractivity contribution in [3.63, 3.8) is 0 Å². The van der Waals surface area contributed by atoms with Crippen LogP contribution in [0.3, 0.4) is 0 Å². The van der Waals surface area contributed by atoms with Crippen molar-refractivity contribution >= 4 is 21.9 Å². The van der Waals surface area contributed by atoms with Gasteiger partial charge in [0.05, 0.1) is 6.61 Å². The van der Waals surface area contributed by atoms with E-state index in [0.717, 1.165) is 12.1 Å². The molecule has 0 aliphatic rings. The molecule has 0 saturated carbocycles. The standard InChI is InChI=1S/C10H9BrF2O3/c1-2-16-10(15)9(14)5-3-7(12)8(13)4-6(5)11/h3-4,9,14H,2H2,1H3. The van der Waals surface area contributed by atoms with Crippen molar-refractivity contribution in [1.82, 2.24) is 0 Å². The van der Waals surface area contributed by atoms with Gasteiger partial charge in [0.25, 0.3) is 0 Å². The van der Waals surface area contributed by atoms with Gasteiger partial charge in [0.15, 0.2) is 17.7 Å². The first-order valence-corrected chi connectivity index (χ1v) is 5.25. The minimum absolute atomic E-state index is 0.0719. The molecule has 0 amide bonds. The van der Waals surface area contributed by atoms with Crippen molar-refractivity contribution in [3.05, 3.63) is 33.8 Å². The van der Waals surface area contributed by atoms with Crippen molar-refractivity contribution in [2.24, 2.45) is 0 Å². The van der Waals surface area contributed by atoms with E-state index < -0.39 is 23.7 Å². The number of halogens is 3. The molecule has 0 heterocycles. The Labute approximate surface area is 99.2 Å². The quantitative estimate of drug-likeness (QED) is 0.687. The number of esters is 1. The van der Waals surface area contributed by atoms with E-state index in [9.17, 15) is 18.7 Å². The fourth-order valence-corrected chi connectivity index (χ4v) is 1.63.